The van der Waals surface area contributed by atoms with Crippen molar-refractivity contribution in [2.75, 3.05) is 6.54 Å². The van der Waals surface area contributed by atoms with Gasteiger partial charge in [-0.05, 0) is 47.9 Å². The van der Waals surface area contributed by atoms with Crippen LogP contribution in [0.15, 0.2) is 60.7 Å². The van der Waals surface area contributed by atoms with Crippen molar-refractivity contribution in [3.63, 3.8) is 0 Å². The summed E-state index contributed by atoms with van der Waals surface area (Å²) in [6, 6.07) is 19.2. The summed E-state index contributed by atoms with van der Waals surface area (Å²) in [4.78, 5) is 29.8. The van der Waals surface area contributed by atoms with Crippen molar-refractivity contribution in [2.45, 2.75) is 110 Å². The van der Waals surface area contributed by atoms with Crippen LogP contribution in [-0.2, 0) is 0 Å². The minimum absolute atomic E-state index is 0.184. The summed E-state index contributed by atoms with van der Waals surface area (Å²) in [5.74, 6) is -0.519. The van der Waals surface area contributed by atoms with E-state index < -0.39 is 0 Å². The Hall–Kier alpha value is -3.21. The number of fused-ring (bicyclic) bond motifs is 1. The molecule has 0 aliphatic heterocycles. The van der Waals surface area contributed by atoms with Crippen molar-refractivity contribution in [1.29, 1.82) is 0 Å². The largest absolute Gasteiger partial charge is 0.351 e. The molecule has 0 radical (unpaired) electrons. The lowest BCUT2D eigenvalue weighted by molar-refractivity contribution is 0.0933. The Morgan fingerprint density at radius 2 is 1.20 bits per heavy atom. The van der Waals surface area contributed by atoms with Crippen LogP contribution in [0, 0.1) is 0 Å². The lowest BCUT2D eigenvalue weighted by atomic mass is 10.0. The third-order valence-corrected chi connectivity index (χ3v) is 7.65. The molecule has 0 aliphatic carbocycles. The summed E-state index contributed by atoms with van der Waals surface area (Å²) in [5.41, 5.74) is 1.54. The van der Waals surface area contributed by atoms with Gasteiger partial charge in [0.2, 0.25) is 0 Å². The Morgan fingerprint density at radius 3 is 1.82 bits per heavy atom. The van der Waals surface area contributed by atoms with E-state index in [4.69, 9.17) is 0 Å². The summed E-state index contributed by atoms with van der Waals surface area (Å²) in [6.07, 6.45) is 18.4. The number of pyridine rings is 1. The highest BCUT2D eigenvalue weighted by atomic mass is 16.2. The minimum atomic E-state index is -0.290. The van der Waals surface area contributed by atoms with Gasteiger partial charge in [-0.2, -0.15) is 0 Å². The highest BCUT2D eigenvalue weighted by molar-refractivity contribution is 5.96. The molecule has 0 fully saturated rings. The maximum atomic E-state index is 12.9. The van der Waals surface area contributed by atoms with Crippen molar-refractivity contribution in [3.05, 3.63) is 77.6 Å². The maximum absolute atomic E-state index is 12.9. The Labute approximate surface area is 241 Å². The molecule has 0 saturated heterocycles. The van der Waals surface area contributed by atoms with Crippen molar-refractivity contribution < 1.29 is 9.59 Å². The van der Waals surface area contributed by atoms with Crippen LogP contribution in [0.4, 0.5) is 0 Å². The van der Waals surface area contributed by atoms with Gasteiger partial charge in [-0.15, -0.1) is 0 Å². The third kappa shape index (κ3) is 11.1. The standard InChI is InChI=1S/C35H49N3O2/c1-3-4-5-6-7-8-9-10-11-12-13-14-15-18-26-36-34(39)32-22-19-23-33(38-32)35(40)37-28(2)30-25-24-29-20-16-17-21-31(29)27-30/h16-17,19-25,27-28H,3-15,18,26H2,1-2H3,(H,36,39)(H,37,40)/t28-/m1/s1. The number of carbonyl (C=O) groups is 2. The van der Waals surface area contributed by atoms with Crippen LogP contribution in [0.1, 0.15) is 136 Å². The van der Waals surface area contributed by atoms with Gasteiger partial charge in [-0.1, -0.05) is 133 Å². The highest BCUT2D eigenvalue weighted by Gasteiger charge is 2.15. The fourth-order valence-corrected chi connectivity index (χ4v) is 5.13. The molecular formula is C35H49N3O2. The molecule has 0 bridgehead atoms. The second kappa shape index (κ2) is 18.2. The molecule has 0 aliphatic rings. The second-order valence-electron chi connectivity index (χ2n) is 11.1. The first-order valence-electron chi connectivity index (χ1n) is 15.6. The molecule has 1 heterocycles. The fraction of sp³-hybridized carbons (Fsp3) is 0.514. The van der Waals surface area contributed by atoms with E-state index in [0.29, 0.717) is 6.54 Å². The number of hydrogen-bond donors (Lipinski definition) is 2. The molecule has 0 saturated carbocycles. The van der Waals surface area contributed by atoms with E-state index in [1.807, 2.05) is 25.1 Å². The quantitative estimate of drug-likeness (QED) is 0.148. The topological polar surface area (TPSA) is 71.1 Å². The van der Waals surface area contributed by atoms with Gasteiger partial charge in [-0.3, -0.25) is 9.59 Å². The molecule has 0 unspecified atom stereocenters. The molecule has 0 spiro atoms. The lowest BCUT2D eigenvalue weighted by Gasteiger charge is -2.15. The smallest absolute Gasteiger partial charge is 0.270 e. The van der Waals surface area contributed by atoms with Gasteiger partial charge in [0.1, 0.15) is 11.4 Å². The molecule has 5 nitrogen and oxygen atoms in total. The van der Waals surface area contributed by atoms with E-state index >= 15 is 0 Å². The summed E-state index contributed by atoms with van der Waals surface area (Å²) in [5, 5.41) is 8.27. The predicted molar refractivity (Wildman–Crippen MR) is 167 cm³/mol. The number of unbranched alkanes of at least 4 members (excludes halogenated alkanes) is 13. The Morgan fingerprint density at radius 1 is 0.650 bits per heavy atom. The SMILES string of the molecule is CCCCCCCCCCCCCCCCNC(=O)c1cccc(C(=O)N[C@H](C)c2ccc3ccccc3c2)n1. The number of hydrogen-bond acceptors (Lipinski definition) is 3. The van der Waals surface area contributed by atoms with Gasteiger partial charge in [-0.25, -0.2) is 4.98 Å². The monoisotopic (exact) mass is 543 g/mol. The molecule has 1 aromatic heterocycles. The molecule has 1 atom stereocenters. The molecule has 2 amide bonds. The number of rotatable bonds is 19. The van der Waals surface area contributed by atoms with E-state index in [-0.39, 0.29) is 29.2 Å². The number of nitrogens with zero attached hydrogens (tertiary/aromatic N) is 1. The van der Waals surface area contributed by atoms with Crippen LogP contribution in [0.5, 0.6) is 0 Å². The molecule has 40 heavy (non-hydrogen) atoms. The Kier molecular flexibility index (Phi) is 14.2. The Bertz CT molecular complexity index is 1180. The van der Waals surface area contributed by atoms with E-state index in [0.717, 1.165) is 23.8 Å². The summed E-state index contributed by atoms with van der Waals surface area (Å²) >= 11 is 0. The first-order valence-corrected chi connectivity index (χ1v) is 15.6. The highest BCUT2D eigenvalue weighted by Crippen LogP contribution is 2.20. The molecule has 2 N–H and O–H groups in total. The number of carbonyl (C=O) groups excluding carboxylic acids is 2. The van der Waals surface area contributed by atoms with Crippen molar-refractivity contribution in [1.82, 2.24) is 15.6 Å². The number of amides is 2. The average Bonchev–Trinajstić information content (AvgIpc) is 2.98. The number of aromatic nitrogens is 1. The maximum Gasteiger partial charge on any atom is 0.270 e. The van der Waals surface area contributed by atoms with E-state index in [1.54, 1.807) is 18.2 Å². The summed E-state index contributed by atoms with van der Waals surface area (Å²) in [7, 11) is 0. The van der Waals surface area contributed by atoms with Crippen LogP contribution >= 0.6 is 0 Å². The van der Waals surface area contributed by atoms with Gasteiger partial charge in [0.25, 0.3) is 11.8 Å². The molecule has 216 valence electrons. The summed E-state index contributed by atoms with van der Waals surface area (Å²) in [6.45, 7) is 4.86. The van der Waals surface area contributed by atoms with Gasteiger partial charge < -0.3 is 10.6 Å². The summed E-state index contributed by atoms with van der Waals surface area (Å²) < 4.78 is 0. The van der Waals surface area contributed by atoms with Gasteiger partial charge >= 0.3 is 0 Å². The zero-order chi connectivity index (χ0) is 28.4. The van der Waals surface area contributed by atoms with Crippen molar-refractivity contribution in [3.8, 4) is 0 Å². The minimum Gasteiger partial charge on any atom is -0.351 e. The van der Waals surface area contributed by atoms with Gasteiger partial charge in [0, 0.05) is 6.54 Å². The van der Waals surface area contributed by atoms with Crippen LogP contribution in [0.25, 0.3) is 10.8 Å². The Balaban J connectivity index is 1.29. The van der Waals surface area contributed by atoms with Crippen molar-refractivity contribution in [2.24, 2.45) is 0 Å². The van der Waals surface area contributed by atoms with Crippen LogP contribution in [-0.4, -0.2) is 23.3 Å². The molecule has 3 rings (SSSR count). The predicted octanol–water partition coefficient (Wildman–Crippen LogP) is 8.94. The van der Waals surface area contributed by atoms with E-state index in [1.165, 1.54) is 82.4 Å². The first-order chi connectivity index (χ1) is 19.6. The number of nitrogens with one attached hydrogen (secondary N) is 2. The average molecular weight is 544 g/mol. The third-order valence-electron chi connectivity index (χ3n) is 7.65. The normalized spacial score (nSPS) is 11.8. The molecule has 2 aromatic carbocycles. The van der Waals surface area contributed by atoms with E-state index in [2.05, 4.69) is 46.8 Å². The van der Waals surface area contributed by atoms with E-state index in [9.17, 15) is 9.59 Å². The van der Waals surface area contributed by atoms with Crippen LogP contribution in [0.2, 0.25) is 0 Å². The lowest BCUT2D eigenvalue weighted by Crippen LogP contribution is -2.29. The fourth-order valence-electron chi connectivity index (χ4n) is 5.13. The van der Waals surface area contributed by atoms with Gasteiger partial charge in [0.15, 0.2) is 0 Å². The van der Waals surface area contributed by atoms with Crippen LogP contribution < -0.4 is 10.6 Å². The van der Waals surface area contributed by atoms with Crippen molar-refractivity contribution >= 4 is 22.6 Å². The molecule has 5 heteroatoms. The second-order valence-corrected chi connectivity index (χ2v) is 11.1. The number of benzene rings is 2. The van der Waals surface area contributed by atoms with Crippen LogP contribution in [0.3, 0.4) is 0 Å². The molecule has 3 aromatic rings. The zero-order valence-corrected chi connectivity index (χ0v) is 24.7. The first kappa shape index (κ1) is 31.3. The zero-order valence-electron chi connectivity index (χ0n) is 24.7. The molecular weight excluding hydrogens is 494 g/mol. The van der Waals surface area contributed by atoms with Gasteiger partial charge in [0.05, 0.1) is 6.04 Å².